The highest BCUT2D eigenvalue weighted by atomic mass is 32.1. The van der Waals surface area contributed by atoms with Crippen molar-refractivity contribution in [2.24, 2.45) is 4.99 Å². The summed E-state index contributed by atoms with van der Waals surface area (Å²) in [5.74, 6) is 0.298. The van der Waals surface area contributed by atoms with Gasteiger partial charge in [-0.15, -0.1) is 11.3 Å². The van der Waals surface area contributed by atoms with Gasteiger partial charge in [0.15, 0.2) is 5.96 Å². The molecule has 6 heteroatoms. The molecule has 1 atom stereocenters. The zero-order chi connectivity index (χ0) is 17.6. The highest BCUT2D eigenvalue weighted by Crippen LogP contribution is 2.29. The number of aliphatic hydroxyl groups is 1. The Bertz CT molecular complexity index is 845. The highest BCUT2D eigenvalue weighted by Gasteiger charge is 2.12. The predicted molar refractivity (Wildman–Crippen MR) is 101 cm³/mol. The van der Waals surface area contributed by atoms with Crippen LogP contribution in [0.25, 0.3) is 10.1 Å². The molecule has 0 aliphatic rings. The third kappa shape index (κ3) is 4.55. The molecule has 0 saturated carbocycles. The molecule has 2 aromatic carbocycles. The quantitative estimate of drug-likeness (QED) is 0.484. The molecular weight excluding hydrogens is 337 g/mol. The first-order valence-electron chi connectivity index (χ1n) is 8.01. The van der Waals surface area contributed by atoms with Gasteiger partial charge >= 0.3 is 0 Å². The van der Waals surface area contributed by atoms with Crippen LogP contribution in [0.5, 0.6) is 0 Å². The monoisotopic (exact) mass is 357 g/mol. The summed E-state index contributed by atoms with van der Waals surface area (Å²) in [6, 6.07) is 16.5. The molecule has 0 spiro atoms. The fourth-order valence-electron chi connectivity index (χ4n) is 2.51. The molecule has 0 aliphatic heterocycles. The minimum atomic E-state index is -0.620. The Kier molecular flexibility index (Phi) is 5.63. The maximum atomic E-state index is 13.2. The third-order valence-corrected chi connectivity index (χ3v) is 5.03. The number of benzene rings is 2. The van der Waals surface area contributed by atoms with Gasteiger partial charge in [0.25, 0.3) is 0 Å². The van der Waals surface area contributed by atoms with Gasteiger partial charge in [0, 0.05) is 29.7 Å². The number of aliphatic hydroxyl groups excluding tert-OH is 1. The van der Waals surface area contributed by atoms with Crippen molar-refractivity contribution in [3.63, 3.8) is 0 Å². The van der Waals surface area contributed by atoms with Crippen LogP contribution in [0.2, 0.25) is 0 Å². The van der Waals surface area contributed by atoms with Crippen LogP contribution in [0.3, 0.4) is 0 Å². The molecular formula is C19H20FN3OS. The summed E-state index contributed by atoms with van der Waals surface area (Å²) >= 11 is 1.58. The zero-order valence-corrected chi connectivity index (χ0v) is 14.7. The van der Waals surface area contributed by atoms with E-state index in [0.717, 1.165) is 20.5 Å². The van der Waals surface area contributed by atoms with Crippen molar-refractivity contribution in [1.29, 1.82) is 0 Å². The van der Waals surface area contributed by atoms with E-state index in [-0.39, 0.29) is 5.82 Å². The van der Waals surface area contributed by atoms with E-state index in [1.54, 1.807) is 24.5 Å². The Morgan fingerprint density at radius 2 is 2.00 bits per heavy atom. The summed E-state index contributed by atoms with van der Waals surface area (Å²) in [7, 11) is 1.66. The fraction of sp³-hybridized carbons (Fsp3) is 0.211. The molecule has 0 saturated heterocycles. The van der Waals surface area contributed by atoms with Gasteiger partial charge in [-0.1, -0.05) is 30.3 Å². The second kappa shape index (κ2) is 8.09. The van der Waals surface area contributed by atoms with Gasteiger partial charge in [-0.25, -0.2) is 4.39 Å². The van der Waals surface area contributed by atoms with Crippen LogP contribution in [-0.4, -0.2) is 24.7 Å². The number of nitrogens with zero attached hydrogens (tertiary/aromatic N) is 1. The first-order chi connectivity index (χ1) is 12.2. The average Bonchev–Trinajstić information content (AvgIpc) is 3.06. The van der Waals surface area contributed by atoms with Crippen LogP contribution in [0.4, 0.5) is 4.39 Å². The van der Waals surface area contributed by atoms with Crippen LogP contribution in [-0.2, 0) is 6.54 Å². The highest BCUT2D eigenvalue weighted by molar-refractivity contribution is 7.19. The van der Waals surface area contributed by atoms with Crippen LogP contribution >= 0.6 is 11.3 Å². The van der Waals surface area contributed by atoms with E-state index in [1.165, 1.54) is 12.1 Å². The van der Waals surface area contributed by atoms with Crippen LogP contribution in [0.1, 0.15) is 16.5 Å². The molecule has 3 N–H and O–H groups in total. The van der Waals surface area contributed by atoms with E-state index in [2.05, 4.69) is 15.6 Å². The number of halogens is 1. The predicted octanol–water partition coefficient (Wildman–Crippen LogP) is 3.44. The number of rotatable bonds is 5. The van der Waals surface area contributed by atoms with Crippen LogP contribution < -0.4 is 10.6 Å². The number of aliphatic imine (C=N–C) groups is 1. The molecule has 4 nitrogen and oxygen atoms in total. The molecule has 0 fully saturated rings. The van der Waals surface area contributed by atoms with E-state index in [0.29, 0.717) is 19.0 Å². The molecule has 1 aromatic heterocycles. The molecule has 25 heavy (non-hydrogen) atoms. The van der Waals surface area contributed by atoms with Crippen molar-refractivity contribution in [3.8, 4) is 0 Å². The molecule has 3 aromatic rings. The van der Waals surface area contributed by atoms with Gasteiger partial charge in [-0.2, -0.15) is 0 Å². The van der Waals surface area contributed by atoms with E-state index in [1.807, 2.05) is 36.4 Å². The van der Waals surface area contributed by atoms with Crippen molar-refractivity contribution < 1.29 is 9.50 Å². The molecule has 0 bridgehead atoms. The molecule has 0 amide bonds. The van der Waals surface area contributed by atoms with Crippen molar-refractivity contribution in [1.82, 2.24) is 10.6 Å². The lowest BCUT2D eigenvalue weighted by Gasteiger charge is -2.14. The van der Waals surface area contributed by atoms with Gasteiger partial charge in [-0.05, 0) is 35.2 Å². The van der Waals surface area contributed by atoms with Gasteiger partial charge in [-0.3, -0.25) is 4.99 Å². The van der Waals surface area contributed by atoms with Crippen molar-refractivity contribution in [2.75, 3.05) is 13.6 Å². The minimum absolute atomic E-state index is 0.262. The minimum Gasteiger partial charge on any atom is -0.386 e. The molecule has 1 heterocycles. The summed E-state index contributed by atoms with van der Waals surface area (Å²) < 4.78 is 14.4. The maximum Gasteiger partial charge on any atom is 0.191 e. The fourth-order valence-corrected chi connectivity index (χ4v) is 3.56. The second-order valence-electron chi connectivity index (χ2n) is 5.64. The Hall–Kier alpha value is -2.44. The van der Waals surface area contributed by atoms with E-state index in [4.69, 9.17) is 0 Å². The average molecular weight is 357 g/mol. The number of thiophene rings is 1. The lowest BCUT2D eigenvalue weighted by atomic mass is 10.2. The van der Waals surface area contributed by atoms with E-state index in [9.17, 15) is 9.50 Å². The summed E-state index contributed by atoms with van der Waals surface area (Å²) in [5, 5.41) is 17.7. The zero-order valence-electron chi connectivity index (χ0n) is 13.9. The van der Waals surface area contributed by atoms with Crippen LogP contribution in [0.15, 0.2) is 59.6 Å². The Labute approximate surface area is 150 Å². The number of guanidine groups is 1. The third-order valence-electron chi connectivity index (χ3n) is 3.81. The smallest absolute Gasteiger partial charge is 0.191 e. The number of hydrogen-bond donors (Lipinski definition) is 3. The second-order valence-corrected chi connectivity index (χ2v) is 6.75. The molecule has 0 aliphatic carbocycles. The summed E-state index contributed by atoms with van der Waals surface area (Å²) in [4.78, 5) is 5.04. The lowest BCUT2D eigenvalue weighted by molar-refractivity contribution is 0.184. The number of hydrogen-bond acceptors (Lipinski definition) is 3. The molecule has 130 valence electrons. The summed E-state index contributed by atoms with van der Waals surface area (Å²) in [5.41, 5.74) is 0.827. The first kappa shape index (κ1) is 17.4. The van der Waals surface area contributed by atoms with Crippen molar-refractivity contribution in [2.45, 2.75) is 12.6 Å². The number of nitrogens with one attached hydrogen (secondary N) is 2. The van der Waals surface area contributed by atoms with Crippen molar-refractivity contribution >= 4 is 27.4 Å². The molecule has 1 unspecified atom stereocenters. The Morgan fingerprint density at radius 3 is 2.76 bits per heavy atom. The molecule has 3 rings (SSSR count). The van der Waals surface area contributed by atoms with Gasteiger partial charge in [0.05, 0.1) is 0 Å². The number of fused-ring (bicyclic) bond motifs is 1. The Morgan fingerprint density at radius 1 is 1.16 bits per heavy atom. The van der Waals surface area contributed by atoms with E-state index >= 15 is 0 Å². The van der Waals surface area contributed by atoms with Crippen molar-refractivity contribution in [3.05, 3.63) is 70.9 Å². The van der Waals surface area contributed by atoms with Gasteiger partial charge in [0.1, 0.15) is 11.9 Å². The Balaban J connectivity index is 1.55. The van der Waals surface area contributed by atoms with Crippen LogP contribution in [0, 0.1) is 5.82 Å². The normalized spacial score (nSPS) is 13.0. The van der Waals surface area contributed by atoms with Gasteiger partial charge < -0.3 is 15.7 Å². The molecule has 0 radical (unpaired) electrons. The summed E-state index contributed by atoms with van der Waals surface area (Å²) in [6.07, 6.45) is -0.620. The topological polar surface area (TPSA) is 56.7 Å². The van der Waals surface area contributed by atoms with Gasteiger partial charge in [0.2, 0.25) is 0 Å². The largest absolute Gasteiger partial charge is 0.386 e. The first-order valence-corrected chi connectivity index (χ1v) is 8.83. The summed E-state index contributed by atoms with van der Waals surface area (Å²) in [6.45, 7) is 0.798. The lowest BCUT2D eigenvalue weighted by Crippen LogP contribution is -2.38. The van der Waals surface area contributed by atoms with E-state index < -0.39 is 6.10 Å². The standard InChI is InChI=1S/C19H20FN3OS/c1-21-19(22-11-13-5-4-7-15(20)9-13)23-12-16(24)18-10-14-6-2-3-8-17(14)25-18/h2-10,16,24H,11-12H2,1H3,(H2,21,22,23). The maximum absolute atomic E-state index is 13.2. The SMILES string of the molecule is CN=C(NCc1cccc(F)c1)NCC(O)c1cc2ccccc2s1.